The van der Waals surface area contributed by atoms with E-state index in [2.05, 4.69) is 186 Å². The lowest BCUT2D eigenvalue weighted by atomic mass is 9.83. The molecule has 4 heterocycles. The lowest BCUT2D eigenvalue weighted by Crippen LogP contribution is -2.31. The van der Waals surface area contributed by atoms with Crippen molar-refractivity contribution in [3.05, 3.63) is 204 Å². The predicted molar refractivity (Wildman–Crippen MR) is 238 cm³/mol. The molecule has 0 amide bonds. The molecule has 0 bridgehead atoms. The van der Waals surface area contributed by atoms with Crippen molar-refractivity contribution in [3.63, 3.8) is 0 Å². The molecular formula is C53H42N4. The van der Waals surface area contributed by atoms with E-state index in [-0.39, 0.29) is 12.0 Å². The van der Waals surface area contributed by atoms with Gasteiger partial charge >= 0.3 is 0 Å². The molecular weight excluding hydrogens is 693 g/mol. The maximum atomic E-state index is 5.14. The van der Waals surface area contributed by atoms with E-state index < -0.39 is 0 Å². The van der Waals surface area contributed by atoms with Crippen LogP contribution in [0.25, 0.3) is 39.0 Å². The van der Waals surface area contributed by atoms with Gasteiger partial charge in [0.05, 0.1) is 34.5 Å². The molecule has 3 aliphatic heterocycles. The van der Waals surface area contributed by atoms with Gasteiger partial charge in [-0.05, 0) is 88.9 Å². The molecule has 4 heteroatoms. The summed E-state index contributed by atoms with van der Waals surface area (Å²) in [4.78, 5) is 15.4. The number of aliphatic imine (C=N–C) groups is 1. The number of hydrogen-bond acceptors (Lipinski definition) is 4. The Morgan fingerprint density at radius 1 is 0.614 bits per heavy atom. The van der Waals surface area contributed by atoms with Gasteiger partial charge < -0.3 is 9.80 Å². The van der Waals surface area contributed by atoms with E-state index in [4.69, 9.17) is 9.98 Å². The summed E-state index contributed by atoms with van der Waals surface area (Å²) < 4.78 is 0. The zero-order valence-corrected chi connectivity index (χ0v) is 31.8. The smallest absolute Gasteiger partial charge is 0.0700 e. The Labute approximate surface area is 334 Å². The second kappa shape index (κ2) is 14.1. The summed E-state index contributed by atoms with van der Waals surface area (Å²) in [5, 5.41) is 0. The third kappa shape index (κ3) is 5.83. The molecule has 4 nitrogen and oxygen atoms in total. The zero-order valence-electron chi connectivity index (χ0n) is 31.8. The Morgan fingerprint density at radius 3 is 2.26 bits per heavy atom. The van der Waals surface area contributed by atoms with E-state index in [1.807, 2.05) is 6.20 Å². The highest BCUT2D eigenvalue weighted by Gasteiger charge is 2.36. The maximum absolute atomic E-state index is 5.14. The fourth-order valence-electron chi connectivity index (χ4n) is 9.60. The Morgan fingerprint density at radius 2 is 1.42 bits per heavy atom. The van der Waals surface area contributed by atoms with Crippen LogP contribution in [0.15, 0.2) is 187 Å². The standard InChI is InChI=1S/C53H42N4/c1-2-7-19-42(18-6-1)56-31-29-38-26-28-50-51(53(38)56)47-22-9-8-20-45(47)46-21-10-11-24-49(46)57(50)43-33-40(44-23-12-16-37-17-13-30-54-52(37)44)32-41(34-43)48-27-25-39(35-55-48)36-14-4-3-5-15-36/h1-12,14-16,18-28,30,32,34-35,40,42H,13,17,29,31,33H2. The third-order valence-electron chi connectivity index (χ3n) is 12.2. The van der Waals surface area contributed by atoms with E-state index in [0.29, 0.717) is 0 Å². The number of fused-ring (bicyclic) bond motifs is 8. The van der Waals surface area contributed by atoms with Crippen LogP contribution in [0.5, 0.6) is 0 Å². The van der Waals surface area contributed by atoms with Gasteiger partial charge in [-0.3, -0.25) is 9.98 Å². The first kappa shape index (κ1) is 33.5. The van der Waals surface area contributed by atoms with Gasteiger partial charge in [0, 0.05) is 47.3 Å². The molecule has 2 aliphatic carbocycles. The summed E-state index contributed by atoms with van der Waals surface area (Å²) in [5.74, 6) is 0.0988. The second-order valence-corrected chi connectivity index (χ2v) is 15.5. The van der Waals surface area contributed by atoms with Gasteiger partial charge in [0.25, 0.3) is 0 Å². The molecule has 0 saturated heterocycles. The molecule has 57 heavy (non-hydrogen) atoms. The number of para-hydroxylation sites is 2. The number of rotatable bonds is 5. The summed E-state index contributed by atoms with van der Waals surface area (Å²) in [6, 6.07) is 44.7. The topological polar surface area (TPSA) is 31.7 Å². The quantitative estimate of drug-likeness (QED) is 0.177. The van der Waals surface area contributed by atoms with Crippen molar-refractivity contribution in [2.75, 3.05) is 16.3 Å². The van der Waals surface area contributed by atoms with Crippen LogP contribution in [0, 0.1) is 0 Å². The average Bonchev–Trinajstić information content (AvgIpc) is 3.45. The number of anilines is 3. The van der Waals surface area contributed by atoms with Gasteiger partial charge in [0.2, 0.25) is 0 Å². The lowest BCUT2D eigenvalue weighted by Gasteiger charge is -2.35. The van der Waals surface area contributed by atoms with Crippen molar-refractivity contribution in [1.82, 2.24) is 4.98 Å². The maximum Gasteiger partial charge on any atom is 0.0700 e. The van der Waals surface area contributed by atoms with E-state index >= 15 is 0 Å². The summed E-state index contributed by atoms with van der Waals surface area (Å²) in [6.45, 7) is 0.974. The minimum atomic E-state index is 0.0988. The Hall–Kier alpha value is -6.78. The van der Waals surface area contributed by atoms with Gasteiger partial charge in [0.1, 0.15) is 0 Å². The minimum absolute atomic E-state index is 0.0988. The van der Waals surface area contributed by atoms with Crippen molar-refractivity contribution in [2.24, 2.45) is 4.99 Å². The first-order valence-electron chi connectivity index (χ1n) is 20.3. The zero-order chi connectivity index (χ0) is 37.7. The minimum Gasteiger partial charge on any atom is -0.360 e. The number of hydrogen-bond donors (Lipinski definition) is 0. The molecule has 5 aliphatic rings. The molecule has 0 N–H and O–H groups in total. The van der Waals surface area contributed by atoms with Gasteiger partial charge in [-0.2, -0.15) is 0 Å². The van der Waals surface area contributed by atoms with Crippen LogP contribution in [0.2, 0.25) is 0 Å². The van der Waals surface area contributed by atoms with Crippen LogP contribution < -0.4 is 9.80 Å². The monoisotopic (exact) mass is 734 g/mol. The number of aryl methyl sites for hydroxylation is 1. The van der Waals surface area contributed by atoms with Gasteiger partial charge in [-0.25, -0.2) is 0 Å². The first-order chi connectivity index (χ1) is 28.3. The molecule has 0 saturated carbocycles. The van der Waals surface area contributed by atoms with Crippen molar-refractivity contribution in [3.8, 4) is 33.4 Å². The predicted octanol–water partition coefficient (Wildman–Crippen LogP) is 12.8. The van der Waals surface area contributed by atoms with Crippen LogP contribution in [-0.2, 0) is 12.8 Å². The summed E-state index contributed by atoms with van der Waals surface area (Å²) in [7, 11) is 0. The highest BCUT2D eigenvalue weighted by molar-refractivity contribution is 6.06. The molecule has 1 aromatic heterocycles. The van der Waals surface area contributed by atoms with E-state index in [0.717, 1.165) is 54.7 Å². The van der Waals surface area contributed by atoms with Crippen molar-refractivity contribution < 1.29 is 0 Å². The van der Waals surface area contributed by atoms with E-state index in [1.165, 1.54) is 67.3 Å². The molecule has 1 atom stereocenters. The molecule has 0 fully saturated rings. The van der Waals surface area contributed by atoms with E-state index in [9.17, 15) is 0 Å². The number of nitrogens with zero attached hydrogens (tertiary/aromatic N) is 4. The van der Waals surface area contributed by atoms with Gasteiger partial charge in [-0.1, -0.05) is 146 Å². The summed E-state index contributed by atoms with van der Waals surface area (Å²) in [5.41, 5.74) is 19.6. The molecule has 0 spiro atoms. The highest BCUT2D eigenvalue weighted by Crippen LogP contribution is 2.56. The molecule has 1 unspecified atom stereocenters. The molecule has 274 valence electrons. The van der Waals surface area contributed by atoms with Crippen LogP contribution in [0.3, 0.4) is 0 Å². The summed E-state index contributed by atoms with van der Waals surface area (Å²) >= 11 is 0. The SMILES string of the molecule is C1=CC=CC(N2CCc3ccc4c(c32)-c2ccccc2-c2ccccc2N4C2=CC(c3ccc(-c4ccccc4)cn3)=CC(c3cccc4c3N=CCC4)C2)C=C1. The average molecular weight is 735 g/mol. The van der Waals surface area contributed by atoms with Crippen molar-refractivity contribution in [1.29, 1.82) is 0 Å². The van der Waals surface area contributed by atoms with Crippen LogP contribution in [0.1, 0.15) is 41.1 Å². The molecule has 0 radical (unpaired) electrons. The fourth-order valence-corrected chi connectivity index (χ4v) is 9.60. The largest absolute Gasteiger partial charge is 0.360 e. The molecule has 5 aromatic carbocycles. The lowest BCUT2D eigenvalue weighted by molar-refractivity contribution is 0.794. The number of allylic oxidation sites excluding steroid dienone is 8. The highest BCUT2D eigenvalue weighted by atomic mass is 15.2. The summed E-state index contributed by atoms with van der Waals surface area (Å²) in [6.07, 6.45) is 26.1. The second-order valence-electron chi connectivity index (χ2n) is 15.5. The van der Waals surface area contributed by atoms with Crippen LogP contribution >= 0.6 is 0 Å². The third-order valence-corrected chi connectivity index (χ3v) is 12.2. The normalized spacial score (nSPS) is 17.8. The number of aromatic nitrogens is 1. The van der Waals surface area contributed by atoms with E-state index in [1.54, 1.807) is 0 Å². The number of benzene rings is 5. The first-order valence-corrected chi connectivity index (χ1v) is 20.3. The van der Waals surface area contributed by atoms with Crippen LogP contribution in [0.4, 0.5) is 22.7 Å². The van der Waals surface area contributed by atoms with Crippen molar-refractivity contribution in [2.45, 2.75) is 37.6 Å². The Balaban J connectivity index is 1.13. The number of pyridine rings is 1. The Bertz CT molecular complexity index is 2710. The Kier molecular flexibility index (Phi) is 8.28. The van der Waals surface area contributed by atoms with Crippen LogP contribution in [-0.4, -0.2) is 23.8 Å². The van der Waals surface area contributed by atoms with Gasteiger partial charge in [0.15, 0.2) is 0 Å². The fraction of sp³-hybridized carbons (Fsp3) is 0.132. The van der Waals surface area contributed by atoms with Crippen molar-refractivity contribution >= 4 is 34.5 Å². The molecule has 11 rings (SSSR count). The molecule has 6 aromatic rings. The van der Waals surface area contributed by atoms with Gasteiger partial charge in [-0.15, -0.1) is 0 Å².